The molecular formula is C14H34N4. The van der Waals surface area contributed by atoms with Crippen LogP contribution in [0, 0.1) is 0 Å². The average molecular weight is 258 g/mol. The average Bonchev–Trinajstić information content (AvgIpc) is 2.39. The molecule has 0 radical (unpaired) electrons. The Balaban J connectivity index is 2.86. The van der Waals surface area contributed by atoms with Crippen LogP contribution in [0.2, 0.25) is 0 Å². The molecular weight excluding hydrogens is 224 g/mol. The number of nitrogens with one attached hydrogen (secondary N) is 2. The van der Waals surface area contributed by atoms with Gasteiger partial charge in [-0.3, -0.25) is 0 Å². The molecule has 4 heteroatoms. The molecule has 0 aliphatic carbocycles. The zero-order chi connectivity index (χ0) is 13.3. The normalized spacial score (nSPS) is 11.0. The van der Waals surface area contributed by atoms with Crippen LogP contribution in [0.15, 0.2) is 0 Å². The molecule has 0 atom stereocenters. The lowest BCUT2D eigenvalue weighted by Crippen LogP contribution is -2.28. The first-order chi connectivity index (χ1) is 8.91. The summed E-state index contributed by atoms with van der Waals surface area (Å²) in [6, 6.07) is 0. The monoisotopic (exact) mass is 258 g/mol. The molecule has 0 heterocycles. The summed E-state index contributed by atoms with van der Waals surface area (Å²) in [6.07, 6.45) is 10.1. The van der Waals surface area contributed by atoms with Crippen molar-refractivity contribution in [1.82, 2.24) is 10.6 Å². The van der Waals surface area contributed by atoms with E-state index >= 15 is 0 Å². The lowest BCUT2D eigenvalue weighted by Gasteiger charge is -2.06. The zero-order valence-electron chi connectivity index (χ0n) is 12.1. The third-order valence-electron chi connectivity index (χ3n) is 3.09. The molecule has 0 bridgehead atoms. The first kappa shape index (κ1) is 17.8. The van der Waals surface area contributed by atoms with E-state index in [1.54, 1.807) is 0 Å². The Kier molecular flexibility index (Phi) is 16.7. The van der Waals surface area contributed by atoms with Gasteiger partial charge in [0.05, 0.1) is 0 Å². The third-order valence-corrected chi connectivity index (χ3v) is 3.09. The van der Waals surface area contributed by atoms with Gasteiger partial charge in [0.15, 0.2) is 0 Å². The highest BCUT2D eigenvalue weighted by molar-refractivity contribution is 4.54. The van der Waals surface area contributed by atoms with Gasteiger partial charge < -0.3 is 22.1 Å². The lowest BCUT2D eigenvalue weighted by atomic mass is 10.2. The maximum absolute atomic E-state index is 5.45. The number of hydrogen-bond donors (Lipinski definition) is 4. The van der Waals surface area contributed by atoms with Crippen LogP contribution in [0.3, 0.4) is 0 Å². The zero-order valence-corrected chi connectivity index (χ0v) is 12.1. The van der Waals surface area contributed by atoms with Gasteiger partial charge in [-0.05, 0) is 51.9 Å². The Morgan fingerprint density at radius 2 is 0.833 bits per heavy atom. The summed E-state index contributed by atoms with van der Waals surface area (Å²) < 4.78 is 0. The maximum atomic E-state index is 5.45. The topological polar surface area (TPSA) is 76.1 Å². The Hall–Kier alpha value is -0.160. The van der Waals surface area contributed by atoms with Gasteiger partial charge in [0.25, 0.3) is 0 Å². The molecule has 0 aliphatic heterocycles. The van der Waals surface area contributed by atoms with Crippen molar-refractivity contribution < 1.29 is 0 Å². The SMILES string of the molecule is NCCCCCCNCCNCCCCCCN. The van der Waals surface area contributed by atoms with Gasteiger partial charge in [0.2, 0.25) is 0 Å². The van der Waals surface area contributed by atoms with Crippen LogP contribution in [-0.4, -0.2) is 39.3 Å². The third kappa shape index (κ3) is 15.8. The molecule has 0 amide bonds. The summed E-state index contributed by atoms with van der Waals surface area (Å²) in [5.74, 6) is 0. The van der Waals surface area contributed by atoms with Crippen molar-refractivity contribution in [2.45, 2.75) is 51.4 Å². The summed E-state index contributed by atoms with van der Waals surface area (Å²) in [7, 11) is 0. The second-order valence-electron chi connectivity index (χ2n) is 4.91. The van der Waals surface area contributed by atoms with Crippen LogP contribution in [0.1, 0.15) is 51.4 Å². The van der Waals surface area contributed by atoms with Gasteiger partial charge in [-0.2, -0.15) is 0 Å². The number of unbranched alkanes of at least 4 members (excludes halogenated alkanes) is 6. The van der Waals surface area contributed by atoms with Crippen LogP contribution in [0.4, 0.5) is 0 Å². The van der Waals surface area contributed by atoms with Crippen LogP contribution < -0.4 is 22.1 Å². The predicted molar refractivity (Wildman–Crippen MR) is 80.8 cm³/mol. The van der Waals surface area contributed by atoms with E-state index < -0.39 is 0 Å². The van der Waals surface area contributed by atoms with E-state index in [1.165, 1.54) is 51.4 Å². The quantitative estimate of drug-likeness (QED) is 0.333. The van der Waals surface area contributed by atoms with Gasteiger partial charge in [-0.25, -0.2) is 0 Å². The summed E-state index contributed by atoms with van der Waals surface area (Å²) in [6.45, 7) is 6.12. The Morgan fingerprint density at radius 1 is 0.444 bits per heavy atom. The molecule has 18 heavy (non-hydrogen) atoms. The fraction of sp³-hybridized carbons (Fsp3) is 1.00. The Labute approximate surface area is 113 Å². The van der Waals surface area contributed by atoms with E-state index in [9.17, 15) is 0 Å². The Bertz CT molecular complexity index is 126. The minimum atomic E-state index is 0.836. The second kappa shape index (κ2) is 16.8. The summed E-state index contributed by atoms with van der Waals surface area (Å²) in [4.78, 5) is 0. The molecule has 6 N–H and O–H groups in total. The number of rotatable bonds is 15. The molecule has 0 spiro atoms. The van der Waals surface area contributed by atoms with Gasteiger partial charge in [-0.1, -0.05) is 25.7 Å². The number of hydrogen-bond acceptors (Lipinski definition) is 4. The summed E-state index contributed by atoms with van der Waals surface area (Å²) >= 11 is 0. The summed E-state index contributed by atoms with van der Waals surface area (Å²) in [5.41, 5.74) is 10.9. The number of nitrogens with two attached hydrogens (primary N) is 2. The van der Waals surface area contributed by atoms with E-state index in [4.69, 9.17) is 11.5 Å². The first-order valence-electron chi connectivity index (χ1n) is 7.73. The Morgan fingerprint density at radius 3 is 1.22 bits per heavy atom. The van der Waals surface area contributed by atoms with Crippen molar-refractivity contribution in [2.75, 3.05) is 39.3 Å². The van der Waals surface area contributed by atoms with Crippen molar-refractivity contribution in [3.05, 3.63) is 0 Å². The molecule has 0 saturated carbocycles. The molecule has 0 aromatic carbocycles. The molecule has 0 aromatic heterocycles. The van der Waals surface area contributed by atoms with Crippen LogP contribution in [0.5, 0.6) is 0 Å². The molecule has 0 unspecified atom stereocenters. The highest BCUT2D eigenvalue weighted by Crippen LogP contribution is 1.97. The van der Waals surface area contributed by atoms with E-state index in [0.717, 1.165) is 39.3 Å². The highest BCUT2D eigenvalue weighted by Gasteiger charge is 1.91. The van der Waals surface area contributed by atoms with E-state index in [-0.39, 0.29) is 0 Å². The van der Waals surface area contributed by atoms with E-state index in [0.29, 0.717) is 0 Å². The molecule has 0 aliphatic rings. The van der Waals surface area contributed by atoms with Gasteiger partial charge in [-0.15, -0.1) is 0 Å². The van der Waals surface area contributed by atoms with Gasteiger partial charge in [0.1, 0.15) is 0 Å². The molecule has 0 rings (SSSR count). The fourth-order valence-corrected chi connectivity index (χ4v) is 1.92. The lowest BCUT2D eigenvalue weighted by molar-refractivity contribution is 0.551. The smallest absolute Gasteiger partial charge is 0.00767 e. The molecule has 0 aromatic rings. The standard InChI is InChI=1S/C14H34N4/c15-9-5-1-3-7-11-17-13-14-18-12-8-4-2-6-10-16/h17-18H,1-16H2. The van der Waals surface area contributed by atoms with Crippen LogP contribution >= 0.6 is 0 Å². The summed E-state index contributed by atoms with van der Waals surface area (Å²) in [5, 5.41) is 6.93. The predicted octanol–water partition coefficient (Wildman–Crippen LogP) is 1.20. The van der Waals surface area contributed by atoms with Crippen molar-refractivity contribution in [3.8, 4) is 0 Å². The van der Waals surface area contributed by atoms with Crippen molar-refractivity contribution >= 4 is 0 Å². The minimum absolute atomic E-state index is 0.836. The largest absolute Gasteiger partial charge is 0.330 e. The maximum Gasteiger partial charge on any atom is 0.00767 e. The van der Waals surface area contributed by atoms with Gasteiger partial charge >= 0.3 is 0 Å². The fourth-order valence-electron chi connectivity index (χ4n) is 1.92. The molecule has 0 fully saturated rings. The second-order valence-corrected chi connectivity index (χ2v) is 4.91. The van der Waals surface area contributed by atoms with E-state index in [2.05, 4.69) is 10.6 Å². The van der Waals surface area contributed by atoms with Crippen LogP contribution in [-0.2, 0) is 0 Å². The van der Waals surface area contributed by atoms with Crippen LogP contribution in [0.25, 0.3) is 0 Å². The first-order valence-corrected chi connectivity index (χ1v) is 7.73. The molecule has 0 saturated heterocycles. The van der Waals surface area contributed by atoms with Crippen molar-refractivity contribution in [1.29, 1.82) is 0 Å². The van der Waals surface area contributed by atoms with Gasteiger partial charge in [0, 0.05) is 13.1 Å². The van der Waals surface area contributed by atoms with Crippen molar-refractivity contribution in [3.63, 3.8) is 0 Å². The molecule has 4 nitrogen and oxygen atoms in total. The minimum Gasteiger partial charge on any atom is -0.330 e. The molecule has 110 valence electrons. The van der Waals surface area contributed by atoms with E-state index in [1.807, 2.05) is 0 Å². The van der Waals surface area contributed by atoms with Crippen molar-refractivity contribution in [2.24, 2.45) is 11.5 Å². The highest BCUT2D eigenvalue weighted by atomic mass is 14.9.